The van der Waals surface area contributed by atoms with Gasteiger partial charge in [0.2, 0.25) is 41.2 Å². The van der Waals surface area contributed by atoms with Gasteiger partial charge in [0.05, 0.1) is 36.1 Å². The molecule has 1 aliphatic rings. The number of anilines is 2. The predicted molar refractivity (Wildman–Crippen MR) is 341 cm³/mol. The summed E-state index contributed by atoms with van der Waals surface area (Å²) in [4.78, 5) is 137. The van der Waals surface area contributed by atoms with Crippen LogP contribution in [0.15, 0.2) is 89.5 Å². The number of aromatic nitrogens is 8. The maximum absolute atomic E-state index is 13.8. The highest BCUT2D eigenvalue weighted by Gasteiger charge is 2.30. The maximum atomic E-state index is 13.8. The van der Waals surface area contributed by atoms with Gasteiger partial charge >= 0.3 is 6.09 Å². The van der Waals surface area contributed by atoms with E-state index in [1.807, 2.05) is 43.6 Å². The Bertz CT molecular complexity index is 4290. The second kappa shape index (κ2) is 28.7. The Morgan fingerprint density at radius 2 is 1.48 bits per heavy atom. The molecule has 1 aliphatic heterocycles. The van der Waals surface area contributed by atoms with E-state index < -0.39 is 65.4 Å². The van der Waals surface area contributed by atoms with Crippen molar-refractivity contribution in [2.45, 2.75) is 106 Å². The molecular weight excluding hydrogens is 1200 g/mol. The fourth-order valence-corrected chi connectivity index (χ4v) is 10.5. The van der Waals surface area contributed by atoms with Crippen molar-refractivity contribution in [1.82, 2.24) is 59.3 Å². The summed E-state index contributed by atoms with van der Waals surface area (Å²) >= 11 is 0. The van der Waals surface area contributed by atoms with Gasteiger partial charge in [0.1, 0.15) is 47.0 Å². The summed E-state index contributed by atoms with van der Waals surface area (Å²) in [5.74, 6) is -3.65. The van der Waals surface area contributed by atoms with Gasteiger partial charge in [0, 0.05) is 99.1 Å². The number of carbonyl (C=O) groups is 9. The van der Waals surface area contributed by atoms with Gasteiger partial charge < -0.3 is 60.1 Å². The molecule has 0 spiro atoms. The number of oxazole rings is 1. The molecule has 0 saturated carbocycles. The van der Waals surface area contributed by atoms with Crippen molar-refractivity contribution in [1.29, 1.82) is 0 Å². The topological polar surface area (TPSA) is 380 Å². The van der Waals surface area contributed by atoms with E-state index in [1.54, 1.807) is 79.7 Å². The SMILES string of the molecule is CCc1nc(C)oc1C(=O)Nc1nc2cc(C(N)=O)cc(OC)c2n1C/C=C/Cn1c2nc(-c3cc(C)nn3CC)ncc2c2cc(C(N)=O)cc(OCCCN(C)C(=O)OCc3ccc(NC(=O)[C@H](C)NC(=O)[C@@H](NC(=O)CCN4C(=O)C=CC4=O)C(C)C)cc3)c21. The summed E-state index contributed by atoms with van der Waals surface area (Å²) in [5, 5.41) is 16.6. The first-order chi connectivity index (χ1) is 44.5. The van der Waals surface area contributed by atoms with Crippen LogP contribution in [0.3, 0.4) is 0 Å². The number of nitrogens with two attached hydrogens (primary N) is 2. The van der Waals surface area contributed by atoms with Gasteiger partial charge in [-0.15, -0.1) is 0 Å². The van der Waals surface area contributed by atoms with E-state index in [4.69, 9.17) is 45.0 Å². The smallest absolute Gasteiger partial charge is 0.409 e. The van der Waals surface area contributed by atoms with Crippen molar-refractivity contribution in [3.8, 4) is 23.0 Å². The number of imidazole rings is 1. The summed E-state index contributed by atoms with van der Waals surface area (Å²) in [6.07, 6.45) is 7.57. The average Bonchev–Trinajstić information content (AvgIpc) is 1.60. The van der Waals surface area contributed by atoms with E-state index in [0.29, 0.717) is 92.5 Å². The van der Waals surface area contributed by atoms with E-state index in [9.17, 15) is 43.2 Å². The van der Waals surface area contributed by atoms with Crippen molar-refractivity contribution in [2.75, 3.05) is 44.5 Å². The molecule has 0 bridgehead atoms. The van der Waals surface area contributed by atoms with Gasteiger partial charge in [0.25, 0.3) is 17.7 Å². The van der Waals surface area contributed by atoms with Crippen LogP contribution in [0, 0.1) is 19.8 Å². The Labute approximate surface area is 532 Å². The molecule has 9 rings (SSSR count). The third kappa shape index (κ3) is 15.0. The van der Waals surface area contributed by atoms with Crippen molar-refractivity contribution in [3.05, 3.63) is 125 Å². The standard InChI is InChI=1S/C64H72N16O13/c1-10-44-55(93-37(7)69-44)62(88)74-63-71-45-29-40(57(66)85)30-47(90-9)54(45)79(63)24-13-12-23-78-53-42(43-32-67-58(73-59(43)78)46-27-35(5)75-80(46)11-2)28-39(56(65)84)31-48(53)91-26-14-22-76(8)64(89)92-33-38-15-17-41(18-16-38)70-60(86)36(6)68-61(87)52(34(3)4)72-49(81)21-25-77-50(82)19-20-51(77)83/h12-13,15-20,27-32,34,36,52H,10-11,14,21-26,33H2,1-9H3,(H2,65,84)(H2,66,85)(H,68,87)(H,70,86)(H,72,81)(H,71,74,88)/b13-12+/t36-,52-/m0/s1. The van der Waals surface area contributed by atoms with Crippen molar-refractivity contribution >= 4 is 98.0 Å². The van der Waals surface area contributed by atoms with Gasteiger partial charge in [-0.05, 0) is 87.6 Å². The highest BCUT2D eigenvalue weighted by molar-refractivity contribution is 6.13. The van der Waals surface area contributed by atoms with Crippen LogP contribution >= 0.6 is 0 Å². The van der Waals surface area contributed by atoms with E-state index in [2.05, 4.69) is 31.3 Å². The summed E-state index contributed by atoms with van der Waals surface area (Å²) in [6.45, 7) is 13.1. The molecule has 0 aliphatic carbocycles. The maximum Gasteiger partial charge on any atom is 0.409 e. The third-order valence-electron chi connectivity index (χ3n) is 15.3. The van der Waals surface area contributed by atoms with E-state index in [1.165, 1.54) is 31.1 Å². The van der Waals surface area contributed by atoms with Gasteiger partial charge in [-0.3, -0.25) is 53.3 Å². The minimum Gasteiger partial charge on any atom is -0.494 e. The Kier molecular flexibility index (Phi) is 20.4. The fraction of sp³-hybridized carbons (Fsp3) is 0.344. The Morgan fingerprint density at radius 1 is 0.796 bits per heavy atom. The Balaban J connectivity index is 0.871. The molecule has 6 heterocycles. The first-order valence-corrected chi connectivity index (χ1v) is 30.0. The number of benzene rings is 3. The number of amides is 9. The molecule has 486 valence electrons. The van der Waals surface area contributed by atoms with Gasteiger partial charge in [0.15, 0.2) is 11.7 Å². The quantitative estimate of drug-likeness (QED) is 0.0196. The average molecular weight is 1270 g/mol. The predicted octanol–water partition coefficient (Wildman–Crippen LogP) is 5.64. The number of primary amides is 2. The minimum absolute atomic E-state index is 0.0309. The van der Waals surface area contributed by atoms with Crippen LogP contribution < -0.4 is 42.2 Å². The molecule has 2 atom stereocenters. The molecule has 0 radical (unpaired) electrons. The molecule has 0 fully saturated rings. The minimum atomic E-state index is -1.01. The molecule has 93 heavy (non-hydrogen) atoms. The zero-order chi connectivity index (χ0) is 66.9. The summed E-state index contributed by atoms with van der Waals surface area (Å²) in [6, 6.07) is 12.7. The molecule has 3 aromatic carbocycles. The van der Waals surface area contributed by atoms with Crippen molar-refractivity contribution in [2.24, 2.45) is 17.4 Å². The van der Waals surface area contributed by atoms with E-state index in [-0.39, 0.29) is 80.3 Å². The van der Waals surface area contributed by atoms with Crippen molar-refractivity contribution < 1.29 is 61.8 Å². The number of imide groups is 1. The summed E-state index contributed by atoms with van der Waals surface area (Å²) in [7, 11) is 3.02. The Morgan fingerprint density at radius 3 is 2.15 bits per heavy atom. The number of hydrogen-bond donors (Lipinski definition) is 6. The highest BCUT2D eigenvalue weighted by atomic mass is 16.6. The van der Waals surface area contributed by atoms with Crippen LogP contribution in [0.2, 0.25) is 0 Å². The molecule has 0 unspecified atom stereocenters. The first-order valence-electron chi connectivity index (χ1n) is 30.0. The van der Waals surface area contributed by atoms with Crippen LogP contribution in [-0.4, -0.2) is 148 Å². The lowest BCUT2D eigenvalue weighted by Gasteiger charge is -2.24. The third-order valence-corrected chi connectivity index (χ3v) is 15.3. The molecule has 8 N–H and O–H groups in total. The van der Waals surface area contributed by atoms with Crippen LogP contribution in [-0.2, 0) is 61.4 Å². The number of nitrogens with zero attached hydrogens (tertiary/aromatic N) is 10. The van der Waals surface area contributed by atoms with Crippen LogP contribution in [0.1, 0.15) is 102 Å². The highest BCUT2D eigenvalue weighted by Crippen LogP contribution is 2.37. The molecule has 29 heteroatoms. The van der Waals surface area contributed by atoms with E-state index in [0.717, 1.165) is 22.7 Å². The molecule has 9 amide bonds. The lowest BCUT2D eigenvalue weighted by atomic mass is 10.0. The van der Waals surface area contributed by atoms with Gasteiger partial charge in [-0.1, -0.05) is 45.1 Å². The second-order valence-electron chi connectivity index (χ2n) is 22.3. The van der Waals surface area contributed by atoms with Crippen LogP contribution in [0.5, 0.6) is 11.5 Å². The zero-order valence-corrected chi connectivity index (χ0v) is 52.8. The number of carbonyl (C=O) groups excluding carboxylic acids is 9. The molecule has 5 aromatic heterocycles. The van der Waals surface area contributed by atoms with Gasteiger partial charge in [-0.25, -0.2) is 24.7 Å². The lowest BCUT2D eigenvalue weighted by molar-refractivity contribution is -0.137. The first kappa shape index (κ1) is 66.2. The largest absolute Gasteiger partial charge is 0.494 e. The molecule has 29 nitrogen and oxygen atoms in total. The number of rotatable bonds is 28. The molecule has 8 aromatic rings. The summed E-state index contributed by atoms with van der Waals surface area (Å²) in [5.41, 5.74) is 16.7. The Hall–Kier alpha value is -11.3. The fourth-order valence-electron chi connectivity index (χ4n) is 10.5. The van der Waals surface area contributed by atoms with Crippen LogP contribution in [0.25, 0.3) is 44.5 Å². The normalized spacial score (nSPS) is 12.9. The number of methoxy groups -OCH3 is 1. The number of nitrogens with one attached hydrogen (secondary N) is 4. The lowest BCUT2D eigenvalue weighted by Crippen LogP contribution is -2.54. The number of hydrogen-bond acceptors (Lipinski definition) is 18. The second-order valence-corrected chi connectivity index (χ2v) is 22.3. The zero-order valence-electron chi connectivity index (χ0n) is 52.8. The van der Waals surface area contributed by atoms with Crippen LogP contribution in [0.4, 0.5) is 16.4 Å². The molecule has 0 saturated heterocycles. The van der Waals surface area contributed by atoms with Gasteiger partial charge in [-0.2, -0.15) is 5.10 Å². The number of ether oxygens (including phenoxy) is 3. The summed E-state index contributed by atoms with van der Waals surface area (Å²) < 4.78 is 29.0. The number of fused-ring (bicyclic) bond motifs is 4. The molecular formula is C64H72N16O13. The number of allylic oxidation sites excluding steroid dienone is 2. The van der Waals surface area contributed by atoms with Crippen molar-refractivity contribution in [3.63, 3.8) is 0 Å². The van der Waals surface area contributed by atoms with E-state index >= 15 is 0 Å². The monoisotopic (exact) mass is 1270 g/mol. The number of aryl methyl sites for hydroxylation is 4.